The van der Waals surface area contributed by atoms with Crippen molar-refractivity contribution in [1.29, 1.82) is 0 Å². The number of ether oxygens (including phenoxy) is 1. The molecular formula is C29H30N4O5. The van der Waals surface area contributed by atoms with E-state index in [0.29, 0.717) is 17.3 Å². The molecule has 0 aliphatic carbocycles. The van der Waals surface area contributed by atoms with Crippen molar-refractivity contribution in [3.8, 4) is 11.6 Å². The first-order valence-corrected chi connectivity index (χ1v) is 12.7. The van der Waals surface area contributed by atoms with E-state index in [2.05, 4.69) is 15.3 Å². The number of benzene rings is 1. The fraction of sp³-hybridized carbons (Fsp3) is 0.345. The molecule has 3 heterocycles. The molecule has 9 nitrogen and oxygen atoms in total. The molecule has 38 heavy (non-hydrogen) atoms. The van der Waals surface area contributed by atoms with Crippen LogP contribution in [0.15, 0.2) is 58.4 Å². The zero-order valence-corrected chi connectivity index (χ0v) is 21.8. The predicted octanol–water partition coefficient (Wildman–Crippen LogP) is 4.20. The highest BCUT2D eigenvalue weighted by Crippen LogP contribution is 2.35. The van der Waals surface area contributed by atoms with E-state index in [0.717, 1.165) is 34.9 Å². The lowest BCUT2D eigenvalue weighted by atomic mass is 9.91. The third kappa shape index (κ3) is 4.49. The highest BCUT2D eigenvalue weighted by molar-refractivity contribution is 5.87. The van der Waals surface area contributed by atoms with Gasteiger partial charge in [-0.15, -0.1) is 0 Å². The van der Waals surface area contributed by atoms with E-state index in [4.69, 9.17) is 4.74 Å². The lowest BCUT2D eigenvalue weighted by Gasteiger charge is -2.34. The fourth-order valence-corrected chi connectivity index (χ4v) is 5.29. The quantitative estimate of drug-likeness (QED) is 0.333. The molecule has 1 aliphatic heterocycles. The van der Waals surface area contributed by atoms with Gasteiger partial charge in [-0.3, -0.25) is 14.6 Å². The summed E-state index contributed by atoms with van der Waals surface area (Å²) in [5, 5.41) is 14.8. The number of anilines is 2. The lowest BCUT2D eigenvalue weighted by molar-refractivity contribution is -0.141. The molecular weight excluding hydrogens is 484 g/mol. The molecule has 2 aromatic heterocycles. The van der Waals surface area contributed by atoms with E-state index in [1.807, 2.05) is 37.8 Å². The summed E-state index contributed by atoms with van der Waals surface area (Å²) in [5.74, 6) is -0.137. The summed E-state index contributed by atoms with van der Waals surface area (Å²) in [5.41, 5.74) is -0.811. The van der Waals surface area contributed by atoms with Gasteiger partial charge in [-0.1, -0.05) is 12.1 Å². The summed E-state index contributed by atoms with van der Waals surface area (Å²) in [7, 11) is 0. The monoisotopic (exact) mass is 514 g/mol. The molecule has 0 spiro atoms. The van der Waals surface area contributed by atoms with E-state index in [-0.39, 0.29) is 24.2 Å². The van der Waals surface area contributed by atoms with Crippen LogP contribution in [0.1, 0.15) is 44.9 Å². The van der Waals surface area contributed by atoms with E-state index in [1.165, 1.54) is 6.92 Å². The SMILES string of the molecule is Cc1cc2ccncc2c(Oc2ccc(C[C@](C)(Nc3c(N4[C@@H](C)CC[C@@H]4C)c(=O)c3=O)C(=O)O)cc2)n1. The maximum atomic E-state index is 12.5. The van der Waals surface area contributed by atoms with Crippen LogP contribution in [0, 0.1) is 6.92 Å². The Hall–Kier alpha value is -4.27. The van der Waals surface area contributed by atoms with Crippen molar-refractivity contribution in [2.24, 2.45) is 0 Å². The van der Waals surface area contributed by atoms with Gasteiger partial charge in [-0.05, 0) is 75.8 Å². The van der Waals surface area contributed by atoms with Gasteiger partial charge in [0, 0.05) is 36.6 Å². The van der Waals surface area contributed by atoms with Gasteiger partial charge in [0.15, 0.2) is 0 Å². The number of hydrogen-bond acceptors (Lipinski definition) is 8. The third-order valence-electron chi connectivity index (χ3n) is 7.39. The molecule has 0 bridgehead atoms. The number of carboxylic acids is 1. The Kier molecular flexibility index (Phi) is 6.38. The first kappa shape index (κ1) is 25.4. The molecule has 2 N–H and O–H groups in total. The average molecular weight is 515 g/mol. The van der Waals surface area contributed by atoms with Gasteiger partial charge < -0.3 is 20.1 Å². The zero-order valence-electron chi connectivity index (χ0n) is 21.8. The summed E-state index contributed by atoms with van der Waals surface area (Å²) < 4.78 is 6.03. The fourth-order valence-electron chi connectivity index (χ4n) is 5.29. The van der Waals surface area contributed by atoms with Crippen molar-refractivity contribution < 1.29 is 14.6 Å². The molecule has 1 fully saturated rings. The van der Waals surface area contributed by atoms with Gasteiger partial charge in [0.25, 0.3) is 10.9 Å². The van der Waals surface area contributed by atoms with E-state index < -0.39 is 22.4 Å². The van der Waals surface area contributed by atoms with Crippen LogP contribution in [-0.4, -0.2) is 38.7 Å². The van der Waals surface area contributed by atoms with E-state index >= 15 is 0 Å². The Labute approximate surface area is 219 Å². The summed E-state index contributed by atoms with van der Waals surface area (Å²) in [6.45, 7) is 7.43. The van der Waals surface area contributed by atoms with Crippen molar-refractivity contribution in [2.45, 2.75) is 64.6 Å². The Morgan fingerprint density at radius 2 is 1.82 bits per heavy atom. The minimum Gasteiger partial charge on any atom is -0.480 e. The third-order valence-corrected chi connectivity index (χ3v) is 7.39. The molecule has 5 rings (SSSR count). The Bertz CT molecular complexity index is 1580. The number of aliphatic carboxylic acids is 1. The Balaban J connectivity index is 1.37. The van der Waals surface area contributed by atoms with Gasteiger partial charge in [0.2, 0.25) is 5.88 Å². The largest absolute Gasteiger partial charge is 0.480 e. The molecule has 0 saturated carbocycles. The number of nitrogens with one attached hydrogen (secondary N) is 1. The Morgan fingerprint density at radius 1 is 1.13 bits per heavy atom. The number of aryl methyl sites for hydroxylation is 1. The summed E-state index contributed by atoms with van der Waals surface area (Å²) >= 11 is 0. The second kappa shape index (κ2) is 9.55. The second-order valence-corrected chi connectivity index (χ2v) is 10.4. The predicted molar refractivity (Wildman–Crippen MR) is 146 cm³/mol. The number of nitrogens with zero attached hydrogens (tertiary/aromatic N) is 3. The van der Waals surface area contributed by atoms with Crippen LogP contribution in [0.4, 0.5) is 11.4 Å². The van der Waals surface area contributed by atoms with Crippen LogP contribution in [0.25, 0.3) is 10.8 Å². The maximum Gasteiger partial charge on any atom is 0.329 e. The summed E-state index contributed by atoms with van der Waals surface area (Å²) in [4.78, 5) is 48.0. The molecule has 196 valence electrons. The zero-order chi connectivity index (χ0) is 27.2. The molecule has 1 saturated heterocycles. The topological polar surface area (TPSA) is 122 Å². The Morgan fingerprint density at radius 3 is 2.47 bits per heavy atom. The van der Waals surface area contributed by atoms with Crippen LogP contribution >= 0.6 is 0 Å². The molecule has 2 aromatic carbocycles. The summed E-state index contributed by atoms with van der Waals surface area (Å²) in [6, 6.07) is 11.1. The highest BCUT2D eigenvalue weighted by atomic mass is 16.5. The number of carbonyl (C=O) groups is 1. The molecule has 0 unspecified atom stereocenters. The minimum atomic E-state index is -1.51. The van der Waals surface area contributed by atoms with E-state index in [9.17, 15) is 19.5 Å². The smallest absolute Gasteiger partial charge is 0.329 e. The highest BCUT2D eigenvalue weighted by Gasteiger charge is 2.40. The molecule has 9 heteroatoms. The standard InChI is InChI=1S/C29H30N4O5/c1-16-13-20-11-12-30-15-22(20)27(31-16)38-21-9-7-19(8-10-21)14-29(4,28(36)37)32-23-24(26(35)25(23)34)33-17(2)5-6-18(33)3/h7-13,15,17-18,32H,5-6,14H2,1-4H3,(H,36,37)/t17-,18-,29-/m0/s1. The number of pyridine rings is 2. The average Bonchev–Trinajstić information content (AvgIpc) is 3.21. The van der Waals surface area contributed by atoms with Crippen molar-refractivity contribution >= 4 is 28.1 Å². The van der Waals surface area contributed by atoms with Crippen LogP contribution in [0.3, 0.4) is 0 Å². The van der Waals surface area contributed by atoms with Gasteiger partial charge in [0.05, 0.1) is 5.39 Å². The first-order chi connectivity index (χ1) is 18.1. The molecule has 0 amide bonds. The number of hydrogen-bond donors (Lipinski definition) is 2. The van der Waals surface area contributed by atoms with Crippen molar-refractivity contribution in [1.82, 2.24) is 9.97 Å². The molecule has 3 atom stereocenters. The van der Waals surface area contributed by atoms with Crippen LogP contribution in [0.2, 0.25) is 0 Å². The lowest BCUT2D eigenvalue weighted by Crippen LogP contribution is -2.52. The van der Waals surface area contributed by atoms with Crippen LogP contribution < -0.4 is 25.8 Å². The second-order valence-electron chi connectivity index (χ2n) is 10.4. The molecule has 0 radical (unpaired) electrons. The van der Waals surface area contributed by atoms with Gasteiger partial charge in [-0.2, -0.15) is 0 Å². The van der Waals surface area contributed by atoms with Gasteiger partial charge in [-0.25, -0.2) is 9.78 Å². The number of rotatable bonds is 8. The number of aromatic nitrogens is 2. The van der Waals surface area contributed by atoms with Crippen molar-refractivity contribution in [3.63, 3.8) is 0 Å². The van der Waals surface area contributed by atoms with Crippen LogP contribution in [-0.2, 0) is 11.2 Å². The number of fused-ring (bicyclic) bond motifs is 1. The van der Waals surface area contributed by atoms with Crippen molar-refractivity contribution in [3.05, 3.63) is 80.5 Å². The normalized spacial score (nSPS) is 19.0. The number of carboxylic acid groups (broad SMARTS) is 1. The maximum absolute atomic E-state index is 12.5. The van der Waals surface area contributed by atoms with Crippen molar-refractivity contribution in [2.75, 3.05) is 10.2 Å². The van der Waals surface area contributed by atoms with Crippen LogP contribution in [0.5, 0.6) is 11.6 Å². The molecule has 4 aromatic rings. The molecule has 1 aliphatic rings. The van der Waals surface area contributed by atoms with Gasteiger partial charge >= 0.3 is 5.97 Å². The van der Waals surface area contributed by atoms with Gasteiger partial charge in [0.1, 0.15) is 22.7 Å². The van der Waals surface area contributed by atoms with E-state index in [1.54, 1.807) is 36.7 Å². The summed E-state index contributed by atoms with van der Waals surface area (Å²) in [6.07, 6.45) is 5.32. The minimum absolute atomic E-state index is 0.0848. The first-order valence-electron chi connectivity index (χ1n) is 12.7.